The molecule has 0 amide bonds. The Balaban J connectivity index is 1.51. The van der Waals surface area contributed by atoms with Crippen LogP contribution in [0.1, 0.15) is 27.5 Å². The van der Waals surface area contributed by atoms with E-state index in [-0.39, 0.29) is 12.5 Å². The molecule has 0 aliphatic rings. The summed E-state index contributed by atoms with van der Waals surface area (Å²) >= 11 is 0. The molecule has 0 fully saturated rings. The summed E-state index contributed by atoms with van der Waals surface area (Å²) in [4.78, 5) is 21.4. The molecule has 0 spiro atoms. The summed E-state index contributed by atoms with van der Waals surface area (Å²) in [7, 11) is 1.60. The minimum absolute atomic E-state index is 0.114. The van der Waals surface area contributed by atoms with Crippen LogP contribution in [0.2, 0.25) is 0 Å². The van der Waals surface area contributed by atoms with Gasteiger partial charge in [0.1, 0.15) is 5.75 Å². The van der Waals surface area contributed by atoms with Crippen molar-refractivity contribution in [3.8, 4) is 17.1 Å². The van der Waals surface area contributed by atoms with Crippen LogP contribution in [-0.4, -0.2) is 28.2 Å². The molecule has 7 heteroatoms. The number of esters is 1. The van der Waals surface area contributed by atoms with Gasteiger partial charge < -0.3 is 14.0 Å². The number of methoxy groups -OCH3 is 1. The number of benzene rings is 2. The van der Waals surface area contributed by atoms with Gasteiger partial charge in [-0.3, -0.25) is 4.98 Å². The van der Waals surface area contributed by atoms with Crippen LogP contribution in [0.4, 0.5) is 0 Å². The Morgan fingerprint density at radius 3 is 2.59 bits per heavy atom. The number of aromatic nitrogens is 3. The normalized spacial score (nSPS) is 10.9. The van der Waals surface area contributed by atoms with Crippen LogP contribution in [0.3, 0.4) is 0 Å². The maximum atomic E-state index is 12.7. The van der Waals surface area contributed by atoms with Gasteiger partial charge in [0.2, 0.25) is 5.82 Å². The molecule has 2 aromatic carbocycles. The van der Waals surface area contributed by atoms with E-state index in [0.717, 1.165) is 33.5 Å². The van der Waals surface area contributed by atoms with Crippen LogP contribution in [0, 0.1) is 13.8 Å². The Morgan fingerprint density at radius 1 is 1.03 bits per heavy atom. The molecule has 0 saturated carbocycles. The molecule has 0 saturated heterocycles. The Bertz CT molecular complexity index is 1180. The summed E-state index contributed by atoms with van der Waals surface area (Å²) in [6, 6.07) is 14.8. The van der Waals surface area contributed by atoms with E-state index in [1.54, 1.807) is 13.2 Å². The second kappa shape index (κ2) is 7.71. The van der Waals surface area contributed by atoms with E-state index in [0.29, 0.717) is 11.4 Å². The number of nitrogens with zero attached hydrogens (tertiary/aromatic N) is 3. The van der Waals surface area contributed by atoms with Crippen molar-refractivity contribution in [2.24, 2.45) is 0 Å². The molecule has 4 rings (SSSR count). The molecule has 0 atom stereocenters. The largest absolute Gasteiger partial charge is 0.497 e. The van der Waals surface area contributed by atoms with Crippen molar-refractivity contribution < 1.29 is 18.8 Å². The third-order valence-electron chi connectivity index (χ3n) is 4.46. The van der Waals surface area contributed by atoms with E-state index in [4.69, 9.17) is 14.0 Å². The average Bonchev–Trinajstić information content (AvgIpc) is 3.21. The molecule has 29 heavy (non-hydrogen) atoms. The highest BCUT2D eigenvalue weighted by Gasteiger charge is 2.16. The molecule has 7 nitrogen and oxygen atoms in total. The third-order valence-corrected chi connectivity index (χ3v) is 4.46. The van der Waals surface area contributed by atoms with Crippen LogP contribution in [0.5, 0.6) is 5.75 Å². The minimum Gasteiger partial charge on any atom is -0.497 e. The molecule has 0 aliphatic heterocycles. The van der Waals surface area contributed by atoms with Crippen molar-refractivity contribution in [3.05, 3.63) is 71.2 Å². The number of hydrogen-bond acceptors (Lipinski definition) is 7. The standard InChI is InChI=1S/C22H19N3O4/c1-13-4-9-19-17(10-13)18(11-14(2)23-19)22(26)28-12-20-24-21(25-29-20)15-5-7-16(27-3)8-6-15/h4-11H,12H2,1-3H3. The summed E-state index contributed by atoms with van der Waals surface area (Å²) < 4.78 is 15.8. The van der Waals surface area contributed by atoms with Crippen molar-refractivity contribution in [1.29, 1.82) is 0 Å². The SMILES string of the molecule is COc1ccc(-c2noc(COC(=O)c3cc(C)nc4ccc(C)cc34)n2)cc1. The molecule has 0 N–H and O–H groups in total. The van der Waals surface area contributed by atoms with Crippen LogP contribution >= 0.6 is 0 Å². The molecule has 2 aromatic heterocycles. The third kappa shape index (κ3) is 3.94. The summed E-state index contributed by atoms with van der Waals surface area (Å²) in [6.45, 7) is 3.69. The average molecular weight is 389 g/mol. The highest BCUT2D eigenvalue weighted by atomic mass is 16.6. The van der Waals surface area contributed by atoms with Gasteiger partial charge in [0, 0.05) is 16.6 Å². The van der Waals surface area contributed by atoms with Gasteiger partial charge >= 0.3 is 5.97 Å². The zero-order chi connectivity index (χ0) is 20.4. The van der Waals surface area contributed by atoms with Gasteiger partial charge in [-0.05, 0) is 56.3 Å². The number of pyridine rings is 1. The molecule has 4 aromatic rings. The maximum Gasteiger partial charge on any atom is 0.339 e. The molecule has 0 bridgehead atoms. The van der Waals surface area contributed by atoms with Crippen molar-refractivity contribution in [1.82, 2.24) is 15.1 Å². The molecular formula is C22H19N3O4. The van der Waals surface area contributed by atoms with Gasteiger partial charge in [-0.15, -0.1) is 0 Å². The van der Waals surface area contributed by atoms with Crippen LogP contribution in [0.15, 0.2) is 53.1 Å². The highest BCUT2D eigenvalue weighted by molar-refractivity contribution is 6.03. The molecule has 0 unspecified atom stereocenters. The second-order valence-electron chi connectivity index (χ2n) is 6.65. The van der Waals surface area contributed by atoms with E-state index >= 15 is 0 Å². The van der Waals surface area contributed by atoms with Crippen LogP contribution in [-0.2, 0) is 11.3 Å². The monoisotopic (exact) mass is 389 g/mol. The van der Waals surface area contributed by atoms with Crippen LogP contribution < -0.4 is 4.74 Å². The Morgan fingerprint density at radius 2 is 1.83 bits per heavy atom. The van der Waals surface area contributed by atoms with Gasteiger partial charge in [0.05, 0.1) is 18.2 Å². The fourth-order valence-corrected chi connectivity index (χ4v) is 3.02. The first kappa shape index (κ1) is 18.6. The number of hydrogen-bond donors (Lipinski definition) is 0. The minimum atomic E-state index is -0.463. The van der Waals surface area contributed by atoms with E-state index in [9.17, 15) is 4.79 Å². The predicted octanol–water partition coefficient (Wildman–Crippen LogP) is 4.27. The zero-order valence-corrected chi connectivity index (χ0v) is 16.3. The van der Waals surface area contributed by atoms with Crippen LogP contribution in [0.25, 0.3) is 22.3 Å². The lowest BCUT2D eigenvalue weighted by Crippen LogP contribution is -2.07. The molecule has 0 aliphatic carbocycles. The molecule has 0 radical (unpaired) electrons. The topological polar surface area (TPSA) is 87.3 Å². The van der Waals surface area contributed by atoms with E-state index in [2.05, 4.69) is 15.1 Å². The van der Waals surface area contributed by atoms with E-state index in [1.165, 1.54) is 0 Å². The van der Waals surface area contributed by atoms with Gasteiger partial charge in [0.25, 0.3) is 5.89 Å². The number of aryl methyl sites for hydroxylation is 2. The number of carbonyl (C=O) groups excluding carboxylic acids is 1. The summed E-state index contributed by atoms with van der Waals surface area (Å²) in [5, 5.41) is 4.69. The van der Waals surface area contributed by atoms with E-state index in [1.807, 2.05) is 56.3 Å². The highest BCUT2D eigenvalue weighted by Crippen LogP contribution is 2.22. The second-order valence-corrected chi connectivity index (χ2v) is 6.65. The number of carbonyl (C=O) groups is 1. The lowest BCUT2D eigenvalue weighted by Gasteiger charge is -2.08. The predicted molar refractivity (Wildman–Crippen MR) is 107 cm³/mol. The summed E-state index contributed by atoms with van der Waals surface area (Å²) in [5.74, 6) is 0.909. The zero-order valence-electron chi connectivity index (χ0n) is 16.3. The van der Waals surface area contributed by atoms with Crippen molar-refractivity contribution in [3.63, 3.8) is 0 Å². The quantitative estimate of drug-likeness (QED) is 0.471. The molecule has 2 heterocycles. The summed E-state index contributed by atoms with van der Waals surface area (Å²) in [6.07, 6.45) is 0. The van der Waals surface area contributed by atoms with Gasteiger partial charge in [-0.2, -0.15) is 4.98 Å². The summed E-state index contributed by atoms with van der Waals surface area (Å²) in [5.41, 5.74) is 3.78. The smallest absolute Gasteiger partial charge is 0.339 e. The first-order valence-electron chi connectivity index (χ1n) is 9.05. The number of rotatable bonds is 5. The fraction of sp³-hybridized carbons (Fsp3) is 0.182. The van der Waals surface area contributed by atoms with E-state index < -0.39 is 5.97 Å². The Labute approximate surface area is 167 Å². The fourth-order valence-electron chi connectivity index (χ4n) is 3.02. The van der Waals surface area contributed by atoms with Gasteiger partial charge in [-0.25, -0.2) is 4.79 Å². The lowest BCUT2D eigenvalue weighted by atomic mass is 10.1. The first-order valence-corrected chi connectivity index (χ1v) is 9.05. The Hall–Kier alpha value is -3.74. The van der Waals surface area contributed by atoms with Crippen molar-refractivity contribution in [2.45, 2.75) is 20.5 Å². The van der Waals surface area contributed by atoms with Gasteiger partial charge in [-0.1, -0.05) is 16.8 Å². The maximum absolute atomic E-state index is 12.7. The van der Waals surface area contributed by atoms with Crippen molar-refractivity contribution >= 4 is 16.9 Å². The number of fused-ring (bicyclic) bond motifs is 1. The lowest BCUT2D eigenvalue weighted by molar-refractivity contribution is 0.0432. The number of ether oxygens (including phenoxy) is 2. The molecule has 146 valence electrons. The van der Waals surface area contributed by atoms with Crippen molar-refractivity contribution in [2.75, 3.05) is 7.11 Å². The Kier molecular flexibility index (Phi) is 4.95. The first-order chi connectivity index (χ1) is 14.0. The van der Waals surface area contributed by atoms with Gasteiger partial charge in [0.15, 0.2) is 6.61 Å². The molecular weight excluding hydrogens is 370 g/mol.